The summed E-state index contributed by atoms with van der Waals surface area (Å²) in [6.45, 7) is 4.36. The molecule has 2 N–H and O–H groups in total. The number of rotatable bonds is 8. The lowest BCUT2D eigenvalue weighted by Gasteiger charge is -2.24. The number of para-hydroxylation sites is 1. The Hall–Kier alpha value is -1.09. The maximum Gasteiger partial charge on any atom is 0.0728 e. The normalized spacial score (nSPS) is 10.2. The van der Waals surface area contributed by atoms with Gasteiger partial charge in [-0.25, -0.2) is 0 Å². The van der Waals surface area contributed by atoms with Crippen molar-refractivity contribution < 1.29 is 0 Å². The Bertz CT molecular complexity index is 324. The number of hydrogen-bond donors (Lipinski definition) is 1. The van der Waals surface area contributed by atoms with Crippen LogP contribution >= 0.6 is 12.2 Å². The fraction of sp³-hybridized carbons (Fsp3) is 0.500. The molecule has 0 heterocycles. The molecular weight excluding hydrogens is 228 g/mol. The first-order chi connectivity index (χ1) is 8.24. The number of nitrogens with zero attached hydrogens (tertiary/aromatic N) is 1. The minimum atomic E-state index is 0.619. The van der Waals surface area contributed by atoms with Crippen LogP contribution in [0.4, 0.5) is 5.69 Å². The molecule has 0 aliphatic carbocycles. The first-order valence-electron chi connectivity index (χ1n) is 6.32. The molecule has 1 aromatic carbocycles. The van der Waals surface area contributed by atoms with E-state index in [4.69, 9.17) is 18.0 Å². The molecule has 0 aliphatic heterocycles. The third-order valence-electron chi connectivity index (χ3n) is 2.75. The summed E-state index contributed by atoms with van der Waals surface area (Å²) >= 11 is 4.91. The van der Waals surface area contributed by atoms with E-state index in [0.717, 1.165) is 25.9 Å². The molecule has 0 saturated carbocycles. The van der Waals surface area contributed by atoms with Crippen molar-refractivity contribution in [1.82, 2.24) is 0 Å². The van der Waals surface area contributed by atoms with E-state index in [1.165, 1.54) is 18.5 Å². The third-order valence-corrected chi connectivity index (χ3v) is 2.96. The van der Waals surface area contributed by atoms with Crippen molar-refractivity contribution in [2.45, 2.75) is 32.6 Å². The summed E-state index contributed by atoms with van der Waals surface area (Å²) in [4.78, 5) is 3.04. The van der Waals surface area contributed by atoms with Gasteiger partial charge in [0.05, 0.1) is 4.99 Å². The Labute approximate surface area is 110 Å². The van der Waals surface area contributed by atoms with E-state index in [2.05, 4.69) is 42.2 Å². The summed E-state index contributed by atoms with van der Waals surface area (Å²) in [5.74, 6) is 0. The van der Waals surface area contributed by atoms with E-state index in [9.17, 15) is 0 Å². The summed E-state index contributed by atoms with van der Waals surface area (Å²) in [6, 6.07) is 10.5. The van der Waals surface area contributed by atoms with Crippen LogP contribution in [0.3, 0.4) is 0 Å². The second kappa shape index (κ2) is 8.07. The van der Waals surface area contributed by atoms with Gasteiger partial charge in [0, 0.05) is 18.8 Å². The maximum atomic E-state index is 5.53. The summed E-state index contributed by atoms with van der Waals surface area (Å²) in [5.41, 5.74) is 6.83. The second-order valence-electron chi connectivity index (χ2n) is 4.25. The van der Waals surface area contributed by atoms with Crippen LogP contribution in [0.5, 0.6) is 0 Å². The van der Waals surface area contributed by atoms with Crippen LogP contribution in [0.2, 0.25) is 0 Å². The van der Waals surface area contributed by atoms with Gasteiger partial charge in [-0.1, -0.05) is 43.8 Å². The van der Waals surface area contributed by atoms with E-state index in [0.29, 0.717) is 4.99 Å². The molecule has 17 heavy (non-hydrogen) atoms. The molecule has 2 nitrogen and oxygen atoms in total. The van der Waals surface area contributed by atoms with Crippen molar-refractivity contribution in [3.63, 3.8) is 0 Å². The van der Waals surface area contributed by atoms with Crippen molar-refractivity contribution in [2.75, 3.05) is 18.0 Å². The van der Waals surface area contributed by atoms with Crippen LogP contribution < -0.4 is 10.6 Å². The molecule has 0 fully saturated rings. The Morgan fingerprint density at radius 1 is 1.18 bits per heavy atom. The summed E-state index contributed by atoms with van der Waals surface area (Å²) in [5, 5.41) is 0. The minimum absolute atomic E-state index is 0.619. The van der Waals surface area contributed by atoms with Crippen LogP contribution in [0.1, 0.15) is 32.6 Å². The highest BCUT2D eigenvalue weighted by molar-refractivity contribution is 7.80. The number of hydrogen-bond acceptors (Lipinski definition) is 2. The SMILES string of the molecule is CCCCN(CCCC(N)=S)c1ccccc1. The van der Waals surface area contributed by atoms with Crippen molar-refractivity contribution in [3.05, 3.63) is 30.3 Å². The molecular formula is C14H22N2S. The quantitative estimate of drug-likeness (QED) is 0.717. The van der Waals surface area contributed by atoms with Crippen molar-refractivity contribution in [3.8, 4) is 0 Å². The fourth-order valence-electron chi connectivity index (χ4n) is 1.80. The summed E-state index contributed by atoms with van der Waals surface area (Å²) < 4.78 is 0. The molecule has 0 radical (unpaired) electrons. The minimum Gasteiger partial charge on any atom is -0.393 e. The molecule has 0 unspecified atom stereocenters. The van der Waals surface area contributed by atoms with E-state index in [1.807, 2.05) is 0 Å². The average Bonchev–Trinajstić information content (AvgIpc) is 2.34. The van der Waals surface area contributed by atoms with Gasteiger partial charge >= 0.3 is 0 Å². The molecule has 1 aromatic rings. The first kappa shape index (κ1) is 14.0. The standard InChI is InChI=1S/C14H22N2S/c1-2-3-11-16(12-7-10-14(15)17)13-8-5-4-6-9-13/h4-6,8-9H,2-3,7,10-12H2,1H3,(H2,15,17). The Morgan fingerprint density at radius 3 is 2.41 bits per heavy atom. The molecule has 3 heteroatoms. The van der Waals surface area contributed by atoms with Crippen LogP contribution in [0.25, 0.3) is 0 Å². The molecule has 0 saturated heterocycles. The lowest BCUT2D eigenvalue weighted by atomic mass is 10.2. The number of anilines is 1. The largest absolute Gasteiger partial charge is 0.393 e. The topological polar surface area (TPSA) is 29.3 Å². The highest BCUT2D eigenvalue weighted by Gasteiger charge is 2.05. The van der Waals surface area contributed by atoms with Crippen LogP contribution in [0.15, 0.2) is 30.3 Å². The summed E-state index contributed by atoms with van der Waals surface area (Å²) in [6.07, 6.45) is 4.32. The van der Waals surface area contributed by atoms with Gasteiger partial charge in [-0.05, 0) is 31.4 Å². The number of thiocarbonyl (C=S) groups is 1. The Balaban J connectivity index is 2.51. The maximum absolute atomic E-state index is 5.53. The van der Waals surface area contributed by atoms with Crippen LogP contribution in [-0.4, -0.2) is 18.1 Å². The number of nitrogens with two attached hydrogens (primary N) is 1. The van der Waals surface area contributed by atoms with Gasteiger partial charge in [0.2, 0.25) is 0 Å². The molecule has 0 aromatic heterocycles. The lowest BCUT2D eigenvalue weighted by Crippen LogP contribution is -2.26. The Morgan fingerprint density at radius 2 is 1.82 bits per heavy atom. The van der Waals surface area contributed by atoms with Crippen LogP contribution in [0, 0.1) is 0 Å². The zero-order valence-corrected chi connectivity index (χ0v) is 11.4. The summed E-state index contributed by atoms with van der Waals surface area (Å²) in [7, 11) is 0. The molecule has 94 valence electrons. The van der Waals surface area contributed by atoms with Crippen molar-refractivity contribution >= 4 is 22.9 Å². The smallest absolute Gasteiger partial charge is 0.0728 e. The van der Waals surface area contributed by atoms with Gasteiger partial charge in [0.25, 0.3) is 0 Å². The van der Waals surface area contributed by atoms with Gasteiger partial charge in [-0.2, -0.15) is 0 Å². The second-order valence-corrected chi connectivity index (χ2v) is 4.77. The third kappa shape index (κ3) is 5.68. The predicted molar refractivity (Wildman–Crippen MR) is 79.6 cm³/mol. The molecule has 0 bridgehead atoms. The van der Waals surface area contributed by atoms with Crippen LogP contribution in [-0.2, 0) is 0 Å². The molecule has 0 aliphatic rings. The molecule has 0 atom stereocenters. The zero-order chi connectivity index (χ0) is 12.5. The van der Waals surface area contributed by atoms with Crippen molar-refractivity contribution in [2.24, 2.45) is 5.73 Å². The lowest BCUT2D eigenvalue weighted by molar-refractivity contribution is 0.695. The highest BCUT2D eigenvalue weighted by atomic mass is 32.1. The fourth-order valence-corrected chi connectivity index (χ4v) is 1.95. The Kier molecular flexibility index (Phi) is 6.63. The van der Waals surface area contributed by atoms with Gasteiger partial charge in [-0.15, -0.1) is 0 Å². The van der Waals surface area contributed by atoms with Gasteiger partial charge in [0.15, 0.2) is 0 Å². The van der Waals surface area contributed by atoms with Gasteiger partial charge in [0.1, 0.15) is 0 Å². The predicted octanol–water partition coefficient (Wildman–Crippen LogP) is 3.36. The monoisotopic (exact) mass is 250 g/mol. The van der Waals surface area contributed by atoms with Gasteiger partial charge < -0.3 is 10.6 Å². The molecule has 0 amide bonds. The molecule has 1 rings (SSSR count). The van der Waals surface area contributed by atoms with E-state index in [-0.39, 0.29) is 0 Å². The van der Waals surface area contributed by atoms with Gasteiger partial charge in [-0.3, -0.25) is 0 Å². The van der Waals surface area contributed by atoms with E-state index >= 15 is 0 Å². The van der Waals surface area contributed by atoms with Crippen molar-refractivity contribution in [1.29, 1.82) is 0 Å². The highest BCUT2D eigenvalue weighted by Crippen LogP contribution is 2.14. The van der Waals surface area contributed by atoms with E-state index < -0.39 is 0 Å². The van der Waals surface area contributed by atoms with E-state index in [1.54, 1.807) is 0 Å². The zero-order valence-electron chi connectivity index (χ0n) is 10.6. The average molecular weight is 250 g/mol. The number of benzene rings is 1. The molecule has 0 spiro atoms. The first-order valence-corrected chi connectivity index (χ1v) is 6.73. The number of unbranched alkanes of at least 4 members (excludes halogenated alkanes) is 1.